The molecule has 1 aromatic carbocycles. The number of ketones is 2. The first-order valence-corrected chi connectivity index (χ1v) is 7.89. The van der Waals surface area contributed by atoms with Crippen LogP contribution < -0.4 is 0 Å². The first-order chi connectivity index (χ1) is 11.3. The van der Waals surface area contributed by atoms with Crippen molar-refractivity contribution in [1.29, 1.82) is 0 Å². The molecule has 0 radical (unpaired) electrons. The molecule has 2 aliphatic carbocycles. The number of hydrogen-bond acceptors (Lipinski definition) is 3. The molecule has 0 spiro atoms. The van der Waals surface area contributed by atoms with Gasteiger partial charge in [0.1, 0.15) is 0 Å². The molecular formula is C20H19FO3. The molecule has 0 unspecified atom stereocenters. The number of phenols is 1. The van der Waals surface area contributed by atoms with Gasteiger partial charge in [-0.15, -0.1) is 0 Å². The standard InChI is InChI=1S/C20H19FO3/c1-4-12-8-9-14-16(22)10-11(2)19(24)20(14,3)17(12)13-6-5-7-15(21)18(13)23/h4-8,10,14,17,23H,1,9H2,2-3H3/t14-,17+,20+/m0/s1. The maximum Gasteiger partial charge on any atom is 0.166 e. The Balaban J connectivity index is 2.29. The Bertz CT molecular complexity index is 818. The highest BCUT2D eigenvalue weighted by Crippen LogP contribution is 2.56. The number of para-hydroxylation sites is 1. The van der Waals surface area contributed by atoms with Gasteiger partial charge in [-0.25, -0.2) is 4.39 Å². The van der Waals surface area contributed by atoms with E-state index in [2.05, 4.69) is 6.58 Å². The van der Waals surface area contributed by atoms with Crippen molar-refractivity contribution in [2.24, 2.45) is 11.3 Å². The van der Waals surface area contributed by atoms with E-state index in [1.165, 1.54) is 12.1 Å². The number of aromatic hydroxyl groups is 1. The average Bonchev–Trinajstić information content (AvgIpc) is 2.55. The van der Waals surface area contributed by atoms with Crippen molar-refractivity contribution in [2.75, 3.05) is 0 Å². The Morgan fingerprint density at radius 2 is 2.08 bits per heavy atom. The van der Waals surface area contributed by atoms with Crippen LogP contribution in [0.3, 0.4) is 0 Å². The molecule has 1 aromatic rings. The van der Waals surface area contributed by atoms with E-state index in [0.29, 0.717) is 17.6 Å². The van der Waals surface area contributed by atoms with Crippen LogP contribution in [0, 0.1) is 17.2 Å². The average molecular weight is 326 g/mol. The van der Waals surface area contributed by atoms with Crippen molar-refractivity contribution in [3.63, 3.8) is 0 Å². The smallest absolute Gasteiger partial charge is 0.166 e. The van der Waals surface area contributed by atoms with Crippen molar-refractivity contribution in [1.82, 2.24) is 0 Å². The van der Waals surface area contributed by atoms with Crippen LogP contribution in [-0.2, 0) is 9.59 Å². The van der Waals surface area contributed by atoms with Crippen molar-refractivity contribution >= 4 is 11.6 Å². The van der Waals surface area contributed by atoms with Gasteiger partial charge in [-0.1, -0.05) is 37.8 Å². The number of benzene rings is 1. The van der Waals surface area contributed by atoms with Crippen LogP contribution in [0.5, 0.6) is 5.75 Å². The molecule has 0 aliphatic heterocycles. The van der Waals surface area contributed by atoms with Crippen molar-refractivity contribution in [3.05, 3.63) is 65.5 Å². The molecular weight excluding hydrogens is 307 g/mol. The Labute approximate surface area is 140 Å². The molecule has 4 heteroatoms. The molecule has 0 bridgehead atoms. The van der Waals surface area contributed by atoms with Gasteiger partial charge in [0, 0.05) is 17.4 Å². The summed E-state index contributed by atoms with van der Waals surface area (Å²) in [6.45, 7) is 7.15. The number of fused-ring (bicyclic) bond motifs is 1. The van der Waals surface area contributed by atoms with E-state index in [1.807, 2.05) is 6.08 Å². The summed E-state index contributed by atoms with van der Waals surface area (Å²) in [6, 6.07) is 4.26. The highest BCUT2D eigenvalue weighted by Gasteiger charge is 2.55. The number of carbonyl (C=O) groups is 2. The zero-order valence-corrected chi connectivity index (χ0v) is 13.7. The Hall–Kier alpha value is -2.49. The van der Waals surface area contributed by atoms with E-state index in [0.717, 1.165) is 11.6 Å². The molecule has 0 aromatic heterocycles. The number of carbonyl (C=O) groups excluding carboxylic acids is 2. The Morgan fingerprint density at radius 1 is 1.38 bits per heavy atom. The highest BCUT2D eigenvalue weighted by molar-refractivity contribution is 6.13. The molecule has 24 heavy (non-hydrogen) atoms. The predicted octanol–water partition coefficient (Wildman–Crippen LogP) is 3.85. The van der Waals surface area contributed by atoms with Gasteiger partial charge in [0.05, 0.1) is 5.41 Å². The number of hydrogen-bond donors (Lipinski definition) is 1. The molecule has 0 saturated carbocycles. The van der Waals surface area contributed by atoms with E-state index in [1.54, 1.807) is 26.0 Å². The predicted molar refractivity (Wildman–Crippen MR) is 89.1 cm³/mol. The van der Waals surface area contributed by atoms with Gasteiger partial charge in [0.15, 0.2) is 23.1 Å². The third kappa shape index (κ3) is 2.09. The van der Waals surface area contributed by atoms with Gasteiger partial charge < -0.3 is 5.11 Å². The van der Waals surface area contributed by atoms with Gasteiger partial charge in [-0.2, -0.15) is 0 Å². The maximum absolute atomic E-state index is 13.9. The minimum atomic E-state index is -1.07. The summed E-state index contributed by atoms with van der Waals surface area (Å²) in [5, 5.41) is 10.2. The fourth-order valence-electron chi connectivity index (χ4n) is 4.14. The molecule has 0 amide bonds. The minimum absolute atomic E-state index is 0.102. The molecule has 3 rings (SSSR count). The van der Waals surface area contributed by atoms with Crippen LogP contribution in [0.25, 0.3) is 0 Å². The van der Waals surface area contributed by atoms with Gasteiger partial charge in [0.25, 0.3) is 0 Å². The second-order valence-corrected chi connectivity index (χ2v) is 6.65. The van der Waals surface area contributed by atoms with Crippen LogP contribution >= 0.6 is 0 Å². The monoisotopic (exact) mass is 326 g/mol. The fraction of sp³-hybridized carbons (Fsp3) is 0.300. The molecule has 2 aliphatic rings. The quantitative estimate of drug-likeness (QED) is 0.898. The van der Waals surface area contributed by atoms with E-state index >= 15 is 0 Å². The summed E-state index contributed by atoms with van der Waals surface area (Å²) >= 11 is 0. The second kappa shape index (κ2) is 5.55. The number of Topliss-reactive ketones (excluding diaryl/α,β-unsaturated/α-hetero) is 1. The zero-order chi connectivity index (χ0) is 17.6. The van der Waals surface area contributed by atoms with Crippen LogP contribution in [0.2, 0.25) is 0 Å². The Morgan fingerprint density at radius 3 is 2.75 bits per heavy atom. The summed E-state index contributed by atoms with van der Waals surface area (Å²) in [7, 11) is 0. The molecule has 124 valence electrons. The summed E-state index contributed by atoms with van der Waals surface area (Å²) in [5.41, 5.74) is 0.360. The molecule has 3 nitrogen and oxygen atoms in total. The van der Waals surface area contributed by atoms with Crippen molar-refractivity contribution < 1.29 is 19.1 Å². The summed E-state index contributed by atoms with van der Waals surface area (Å²) in [6.07, 6.45) is 5.29. The summed E-state index contributed by atoms with van der Waals surface area (Å²) < 4.78 is 13.9. The van der Waals surface area contributed by atoms with Crippen LogP contribution in [0.15, 0.2) is 54.2 Å². The molecule has 0 heterocycles. The lowest BCUT2D eigenvalue weighted by molar-refractivity contribution is -0.137. The topological polar surface area (TPSA) is 54.4 Å². The molecule has 1 N–H and O–H groups in total. The summed E-state index contributed by atoms with van der Waals surface area (Å²) in [4.78, 5) is 25.5. The lowest BCUT2D eigenvalue weighted by Gasteiger charge is -2.47. The first-order valence-electron chi connectivity index (χ1n) is 7.89. The van der Waals surface area contributed by atoms with Gasteiger partial charge >= 0.3 is 0 Å². The van der Waals surface area contributed by atoms with E-state index in [4.69, 9.17) is 0 Å². The van der Waals surface area contributed by atoms with Gasteiger partial charge in [-0.3, -0.25) is 9.59 Å². The van der Waals surface area contributed by atoms with Crippen LogP contribution in [0.1, 0.15) is 31.7 Å². The largest absolute Gasteiger partial charge is 0.505 e. The fourth-order valence-corrected chi connectivity index (χ4v) is 4.14. The molecule has 0 fully saturated rings. The third-order valence-corrected chi connectivity index (χ3v) is 5.36. The highest BCUT2D eigenvalue weighted by atomic mass is 19.1. The van der Waals surface area contributed by atoms with E-state index < -0.39 is 28.8 Å². The maximum atomic E-state index is 13.9. The number of halogens is 1. The van der Waals surface area contributed by atoms with Gasteiger partial charge in [-0.05, 0) is 36.6 Å². The number of allylic oxidation sites excluding steroid dienone is 5. The van der Waals surface area contributed by atoms with Crippen molar-refractivity contribution in [3.8, 4) is 5.75 Å². The minimum Gasteiger partial charge on any atom is -0.505 e. The summed E-state index contributed by atoms with van der Waals surface area (Å²) in [5.74, 6) is -2.62. The SMILES string of the molecule is C=CC1=CC[C@H]2C(=O)C=C(C)C(=O)[C@@]2(C)[C@H]1c1cccc(F)c1O. The lowest BCUT2D eigenvalue weighted by atomic mass is 9.53. The van der Waals surface area contributed by atoms with Crippen LogP contribution in [-0.4, -0.2) is 16.7 Å². The molecule has 3 atom stereocenters. The number of rotatable bonds is 2. The van der Waals surface area contributed by atoms with Gasteiger partial charge in [0.2, 0.25) is 0 Å². The third-order valence-electron chi connectivity index (χ3n) is 5.36. The normalized spacial score (nSPS) is 29.6. The second-order valence-electron chi connectivity index (χ2n) is 6.65. The first kappa shape index (κ1) is 16.4. The van der Waals surface area contributed by atoms with Crippen molar-refractivity contribution in [2.45, 2.75) is 26.2 Å². The number of phenolic OH excluding ortho intramolecular Hbond substituents is 1. The van der Waals surface area contributed by atoms with E-state index in [-0.39, 0.29) is 11.6 Å². The van der Waals surface area contributed by atoms with E-state index in [9.17, 15) is 19.1 Å². The lowest BCUT2D eigenvalue weighted by Crippen LogP contribution is -2.49. The molecule has 0 saturated heterocycles. The zero-order valence-electron chi connectivity index (χ0n) is 13.7. The Kier molecular flexibility index (Phi) is 3.78. The van der Waals surface area contributed by atoms with Crippen LogP contribution in [0.4, 0.5) is 4.39 Å².